The van der Waals surface area contributed by atoms with Gasteiger partial charge in [-0.15, -0.1) is 11.3 Å². The Labute approximate surface area is 368 Å². The monoisotopic (exact) mass is 895 g/mol. The van der Waals surface area contributed by atoms with E-state index in [1.165, 1.54) is 16.2 Å². The van der Waals surface area contributed by atoms with Crippen LogP contribution in [0.5, 0.6) is 11.5 Å². The second kappa shape index (κ2) is 18.6. The summed E-state index contributed by atoms with van der Waals surface area (Å²) in [4.78, 5) is 67.9. The molecule has 0 radical (unpaired) electrons. The number of sulfonamides is 1. The summed E-state index contributed by atoms with van der Waals surface area (Å²) in [5, 5.41) is 12.4. The van der Waals surface area contributed by atoms with E-state index < -0.39 is 63.0 Å². The molecule has 62 heavy (non-hydrogen) atoms. The van der Waals surface area contributed by atoms with E-state index in [1.54, 1.807) is 25.3 Å². The van der Waals surface area contributed by atoms with Crippen LogP contribution in [0.25, 0.3) is 22.3 Å². The van der Waals surface area contributed by atoms with Gasteiger partial charge in [-0.1, -0.05) is 46.5 Å². The topological polar surface area (TPSA) is 207 Å². The predicted molar refractivity (Wildman–Crippen MR) is 236 cm³/mol. The van der Waals surface area contributed by atoms with Crippen LogP contribution in [0.4, 0.5) is 9.93 Å². The average Bonchev–Trinajstić information content (AvgIpc) is 3.64. The molecule has 338 valence electrons. The van der Waals surface area contributed by atoms with E-state index in [0.717, 1.165) is 56.5 Å². The third kappa shape index (κ3) is 10.5. The zero-order valence-electron chi connectivity index (χ0n) is 36.6. The number of nitrogens with zero attached hydrogens (tertiary/aromatic N) is 3. The number of hydrogen-bond donors (Lipinski definition) is 4. The molecule has 2 saturated heterocycles. The summed E-state index contributed by atoms with van der Waals surface area (Å²) < 4.78 is 46.2. The van der Waals surface area contributed by atoms with E-state index in [4.69, 9.17) is 24.2 Å². The quantitative estimate of drug-likeness (QED) is 0.168. The normalized spacial score (nSPS) is 24.9. The number of methoxy groups -OCH3 is 1. The first-order valence-corrected chi connectivity index (χ1v) is 24.5. The van der Waals surface area contributed by atoms with E-state index in [-0.39, 0.29) is 43.2 Å². The fourth-order valence-corrected chi connectivity index (χ4v) is 10.9. The summed E-state index contributed by atoms with van der Waals surface area (Å²) in [5.41, 5.74) is -0.486. The molecule has 0 bridgehead atoms. The van der Waals surface area contributed by atoms with Crippen molar-refractivity contribution in [1.29, 1.82) is 0 Å². The Morgan fingerprint density at radius 2 is 1.69 bits per heavy atom. The van der Waals surface area contributed by atoms with Gasteiger partial charge in [0.1, 0.15) is 47.0 Å². The molecule has 2 aliphatic heterocycles. The highest BCUT2D eigenvalue weighted by molar-refractivity contribution is 7.90. The Bertz CT molecular complexity index is 2260. The molecule has 4 N–H and O–H groups in total. The molecule has 1 unspecified atom stereocenters. The van der Waals surface area contributed by atoms with Crippen molar-refractivity contribution < 1.29 is 41.8 Å². The standard InChI is InChI=1S/C44H61N7O9S2/c1-26(2)45-41-47-34(25-61-41)33-22-36(31-18-17-29(58-6)20-32(31)46-33)59-30-21-35(51(24-30)39(53)37(43(3,4)5)48-42(55)60-28-15-11-12-16-28)38(52)49-44-23-27(44)14-10-8-7-9-13-19-62(56,57)50-40(44)54/h17-18,20,22,25-28,30,35,37H,7-16,19,21,23-24H2,1-6H3,(H,45,47)(H,48,55)(H,49,52)(H,50,54)/t27-,30-,35?,37-,44-/m1/s1. The molecule has 4 heterocycles. The highest BCUT2D eigenvalue weighted by atomic mass is 32.2. The summed E-state index contributed by atoms with van der Waals surface area (Å²) in [6, 6.07) is 5.19. The van der Waals surface area contributed by atoms with Crippen LogP contribution < -0.4 is 30.1 Å². The summed E-state index contributed by atoms with van der Waals surface area (Å²) in [7, 11) is -2.36. The van der Waals surface area contributed by atoms with Gasteiger partial charge in [0.15, 0.2) is 5.13 Å². The minimum atomic E-state index is -3.93. The van der Waals surface area contributed by atoms with Gasteiger partial charge in [-0.25, -0.2) is 23.2 Å². The van der Waals surface area contributed by atoms with E-state index in [2.05, 4.69) is 20.7 Å². The van der Waals surface area contributed by atoms with Crippen molar-refractivity contribution in [1.82, 2.24) is 30.2 Å². The largest absolute Gasteiger partial charge is 0.497 e. The lowest BCUT2D eigenvalue weighted by Crippen LogP contribution is -2.60. The second-order valence-corrected chi connectivity index (χ2v) is 21.3. The van der Waals surface area contributed by atoms with Gasteiger partial charge in [-0.05, 0) is 82.3 Å². The molecule has 4 aliphatic rings. The number of rotatable bonds is 11. The van der Waals surface area contributed by atoms with Crippen molar-refractivity contribution in [2.45, 2.75) is 148 Å². The number of carbonyl (C=O) groups excluding carboxylic acids is 4. The molecule has 2 aromatic heterocycles. The molecule has 3 aromatic rings. The number of likely N-dealkylation sites (tertiary alicyclic amines) is 1. The van der Waals surface area contributed by atoms with Crippen molar-refractivity contribution in [3.63, 3.8) is 0 Å². The Kier molecular flexibility index (Phi) is 13.6. The number of aromatic nitrogens is 2. The summed E-state index contributed by atoms with van der Waals surface area (Å²) in [5.74, 6) is -1.29. The lowest BCUT2D eigenvalue weighted by Gasteiger charge is -2.35. The predicted octanol–water partition coefficient (Wildman–Crippen LogP) is 6.29. The number of amides is 4. The number of ether oxygens (including phenoxy) is 3. The Balaban J connectivity index is 1.21. The summed E-state index contributed by atoms with van der Waals surface area (Å²) in [6.45, 7) is 9.51. The minimum Gasteiger partial charge on any atom is -0.497 e. The average molecular weight is 896 g/mol. The fraction of sp³-hybridized carbons (Fsp3) is 0.636. The third-order valence-corrected chi connectivity index (χ3v) is 14.4. The number of anilines is 1. The maximum Gasteiger partial charge on any atom is 0.408 e. The van der Waals surface area contributed by atoms with Crippen molar-refractivity contribution in [2.75, 3.05) is 24.7 Å². The SMILES string of the molecule is COc1ccc2c(O[C@@H]3CC(C(=O)N[C@]45C[C@H]4CCCCCCCS(=O)(=O)NC5=O)N(C(=O)[C@@H](NC(=O)OC4CCCC4)C(C)(C)C)C3)cc(-c3csc(NC(C)C)n3)nc2c1. The van der Waals surface area contributed by atoms with Gasteiger partial charge >= 0.3 is 6.09 Å². The molecule has 4 fully saturated rings. The van der Waals surface area contributed by atoms with Gasteiger partial charge in [0, 0.05) is 35.4 Å². The van der Waals surface area contributed by atoms with Crippen molar-refractivity contribution in [3.05, 3.63) is 29.6 Å². The summed E-state index contributed by atoms with van der Waals surface area (Å²) in [6.07, 6.45) is 6.52. The summed E-state index contributed by atoms with van der Waals surface area (Å²) >= 11 is 1.46. The van der Waals surface area contributed by atoms with Crippen molar-refractivity contribution >= 4 is 61.2 Å². The molecule has 18 heteroatoms. The molecule has 1 aromatic carbocycles. The Morgan fingerprint density at radius 1 is 0.968 bits per heavy atom. The van der Waals surface area contributed by atoms with Crippen LogP contribution in [0.1, 0.15) is 112 Å². The number of pyridine rings is 1. The molecular formula is C44H61N7O9S2. The third-order valence-electron chi connectivity index (χ3n) is 12.3. The smallest absolute Gasteiger partial charge is 0.408 e. The van der Waals surface area contributed by atoms with Gasteiger partial charge in [-0.2, -0.15) is 0 Å². The highest BCUT2D eigenvalue weighted by Gasteiger charge is 2.62. The fourth-order valence-electron chi connectivity index (χ4n) is 8.88. The number of benzene rings is 1. The number of alkyl carbamates (subject to hydrolysis) is 1. The first kappa shape index (κ1) is 45.3. The molecule has 2 aliphatic carbocycles. The minimum absolute atomic E-state index is 0.0334. The maximum absolute atomic E-state index is 14.9. The molecule has 16 nitrogen and oxygen atoms in total. The lowest BCUT2D eigenvalue weighted by atomic mass is 9.85. The number of fused-ring (bicyclic) bond motifs is 2. The van der Waals surface area contributed by atoms with Crippen molar-refractivity contribution in [2.24, 2.45) is 11.3 Å². The van der Waals surface area contributed by atoms with Gasteiger partial charge in [0.05, 0.1) is 30.6 Å². The van der Waals surface area contributed by atoms with Gasteiger partial charge in [-0.3, -0.25) is 19.1 Å². The van der Waals surface area contributed by atoms with Crippen LogP contribution in [0, 0.1) is 11.3 Å². The van der Waals surface area contributed by atoms with Crippen LogP contribution in [0.15, 0.2) is 29.6 Å². The number of hydrogen-bond acceptors (Lipinski definition) is 13. The number of thiazole rings is 1. The van der Waals surface area contributed by atoms with Crippen LogP contribution >= 0.6 is 11.3 Å². The van der Waals surface area contributed by atoms with Gasteiger partial charge in [0.2, 0.25) is 21.8 Å². The molecule has 7 rings (SSSR count). The first-order valence-electron chi connectivity index (χ1n) is 22.0. The Morgan fingerprint density at radius 3 is 2.42 bits per heavy atom. The van der Waals surface area contributed by atoms with E-state index in [1.807, 2.05) is 46.1 Å². The zero-order chi connectivity index (χ0) is 44.4. The lowest BCUT2D eigenvalue weighted by molar-refractivity contribution is -0.143. The maximum atomic E-state index is 14.9. The first-order chi connectivity index (χ1) is 29.4. The number of carbonyl (C=O) groups is 4. The molecule has 2 saturated carbocycles. The number of nitrogens with one attached hydrogen (secondary N) is 4. The highest BCUT2D eigenvalue weighted by Crippen LogP contribution is 2.48. The van der Waals surface area contributed by atoms with Crippen LogP contribution in [0.2, 0.25) is 0 Å². The molecular weight excluding hydrogens is 835 g/mol. The van der Waals surface area contributed by atoms with Gasteiger partial charge < -0.3 is 35.1 Å². The van der Waals surface area contributed by atoms with E-state index in [9.17, 15) is 27.6 Å². The van der Waals surface area contributed by atoms with Crippen LogP contribution in [-0.4, -0.2) is 102 Å². The molecule has 4 amide bonds. The van der Waals surface area contributed by atoms with Gasteiger partial charge in [0.25, 0.3) is 5.91 Å². The van der Waals surface area contributed by atoms with Crippen molar-refractivity contribution in [3.8, 4) is 22.9 Å². The Hall–Kier alpha value is -4.71. The van der Waals surface area contributed by atoms with E-state index in [0.29, 0.717) is 46.6 Å². The second-order valence-electron chi connectivity index (χ2n) is 18.6. The zero-order valence-corrected chi connectivity index (χ0v) is 38.2. The van der Waals surface area contributed by atoms with Crippen LogP contribution in [0.3, 0.4) is 0 Å². The molecule has 5 atom stereocenters. The molecule has 0 spiro atoms. The van der Waals surface area contributed by atoms with E-state index >= 15 is 0 Å². The van der Waals surface area contributed by atoms with Crippen LogP contribution in [-0.2, 0) is 29.1 Å².